The number of amidine groups is 1. The number of aryl methyl sites for hydroxylation is 1. The van der Waals surface area contributed by atoms with Crippen molar-refractivity contribution in [2.75, 3.05) is 19.0 Å². The van der Waals surface area contributed by atoms with Gasteiger partial charge in [0.05, 0.1) is 19.0 Å². The van der Waals surface area contributed by atoms with E-state index >= 15 is 0 Å². The lowest BCUT2D eigenvalue weighted by atomic mass is 10.1. The first kappa shape index (κ1) is 28.6. The molecule has 1 aliphatic heterocycles. The molecule has 1 aliphatic rings. The number of thioether (sulfide) groups is 1. The molecule has 0 aliphatic carbocycles. The molecule has 9 nitrogen and oxygen atoms in total. The smallest absolute Gasteiger partial charge is 0.243 e. The summed E-state index contributed by atoms with van der Waals surface area (Å²) in [7, 11) is 1.62. The van der Waals surface area contributed by atoms with Crippen LogP contribution in [0.5, 0.6) is 5.75 Å². The fraction of sp³-hybridized carbons (Fsp3) is 0.156. The quantitative estimate of drug-likeness (QED) is 0.148. The third-order valence-corrected chi connectivity index (χ3v) is 7.67. The number of anilines is 1. The van der Waals surface area contributed by atoms with Crippen LogP contribution in [-0.4, -0.2) is 56.8 Å². The maximum Gasteiger partial charge on any atom is 0.243 e. The average molecular weight is 579 g/mol. The van der Waals surface area contributed by atoms with Crippen molar-refractivity contribution in [2.24, 2.45) is 10.2 Å². The molecule has 0 bridgehead atoms. The standard InChI is InChI=1S/C32H30N6O3S/c1-4-18-37-31(40)28(19-29(39)34-25-14-10-22(2)11-15-25)42-32(37)35-33-20-24-21-38(26-8-6-5-7-9-26)36-30(24)23-12-16-27(41-3)17-13-23/h4-17,20-21,28H,1,18-19H2,2-3H3,(H,34,39)/b33-20+,35-32-. The zero-order valence-electron chi connectivity index (χ0n) is 23.3. The molecule has 2 heterocycles. The molecule has 1 atom stereocenters. The summed E-state index contributed by atoms with van der Waals surface area (Å²) in [6.45, 7) is 6.00. The van der Waals surface area contributed by atoms with Crippen molar-refractivity contribution in [1.29, 1.82) is 0 Å². The number of aromatic nitrogens is 2. The lowest BCUT2D eigenvalue weighted by Gasteiger charge is -2.12. The Bertz CT molecular complexity index is 1630. The van der Waals surface area contributed by atoms with Crippen LogP contribution in [-0.2, 0) is 9.59 Å². The van der Waals surface area contributed by atoms with E-state index in [1.54, 1.807) is 24.1 Å². The Labute approximate surface area is 248 Å². The zero-order valence-corrected chi connectivity index (χ0v) is 24.1. The predicted molar refractivity (Wildman–Crippen MR) is 168 cm³/mol. The molecule has 0 spiro atoms. The zero-order chi connectivity index (χ0) is 29.5. The van der Waals surface area contributed by atoms with E-state index in [0.717, 1.165) is 28.1 Å². The van der Waals surface area contributed by atoms with Gasteiger partial charge in [0, 0.05) is 36.0 Å². The maximum absolute atomic E-state index is 13.1. The lowest BCUT2D eigenvalue weighted by Crippen LogP contribution is -2.33. The summed E-state index contributed by atoms with van der Waals surface area (Å²) in [5.74, 6) is 0.296. The second-order valence-electron chi connectivity index (χ2n) is 9.53. The topological polar surface area (TPSA) is 101 Å². The van der Waals surface area contributed by atoms with Gasteiger partial charge in [0.25, 0.3) is 0 Å². The molecule has 3 aromatic carbocycles. The van der Waals surface area contributed by atoms with E-state index in [-0.39, 0.29) is 24.8 Å². The van der Waals surface area contributed by atoms with Crippen LogP contribution in [0.3, 0.4) is 0 Å². The molecule has 1 saturated heterocycles. The molecule has 212 valence electrons. The fourth-order valence-corrected chi connectivity index (χ4v) is 5.44. The molecular weight excluding hydrogens is 548 g/mol. The van der Waals surface area contributed by atoms with Gasteiger partial charge in [-0.3, -0.25) is 14.5 Å². The number of rotatable bonds is 10. The van der Waals surface area contributed by atoms with Gasteiger partial charge in [0.1, 0.15) is 16.7 Å². The lowest BCUT2D eigenvalue weighted by molar-refractivity contribution is -0.127. The first-order valence-corrected chi connectivity index (χ1v) is 14.2. The Balaban J connectivity index is 1.37. The summed E-state index contributed by atoms with van der Waals surface area (Å²) in [4.78, 5) is 27.3. The van der Waals surface area contributed by atoms with Crippen molar-refractivity contribution in [1.82, 2.24) is 14.7 Å². The summed E-state index contributed by atoms with van der Waals surface area (Å²) in [6.07, 6.45) is 5.14. The number of para-hydroxylation sites is 1. The highest BCUT2D eigenvalue weighted by atomic mass is 32.2. The van der Waals surface area contributed by atoms with E-state index in [2.05, 4.69) is 22.1 Å². The van der Waals surface area contributed by atoms with E-state index in [1.807, 2.05) is 92.0 Å². The number of carbonyl (C=O) groups is 2. The number of ether oxygens (including phenoxy) is 1. The van der Waals surface area contributed by atoms with Gasteiger partial charge in [-0.05, 0) is 55.5 Å². The van der Waals surface area contributed by atoms with Crippen molar-refractivity contribution >= 4 is 40.6 Å². The second kappa shape index (κ2) is 13.1. The Hall–Kier alpha value is -4.96. The Morgan fingerprint density at radius 1 is 1.10 bits per heavy atom. The van der Waals surface area contributed by atoms with Crippen molar-refractivity contribution in [3.8, 4) is 22.7 Å². The Morgan fingerprint density at radius 2 is 1.83 bits per heavy atom. The minimum Gasteiger partial charge on any atom is -0.497 e. The molecule has 2 amide bonds. The van der Waals surface area contributed by atoms with Crippen LogP contribution in [0, 0.1) is 6.92 Å². The number of benzene rings is 3. The van der Waals surface area contributed by atoms with Crippen LogP contribution in [0.4, 0.5) is 5.69 Å². The van der Waals surface area contributed by atoms with Crippen molar-refractivity contribution in [3.63, 3.8) is 0 Å². The molecule has 5 rings (SSSR count). The molecule has 0 saturated carbocycles. The van der Waals surface area contributed by atoms with Crippen LogP contribution < -0.4 is 10.1 Å². The van der Waals surface area contributed by atoms with Crippen LogP contribution in [0.2, 0.25) is 0 Å². The van der Waals surface area contributed by atoms with Gasteiger partial charge in [0.15, 0.2) is 5.17 Å². The summed E-state index contributed by atoms with van der Waals surface area (Å²) in [5, 5.41) is 16.2. The summed E-state index contributed by atoms with van der Waals surface area (Å²) in [6, 6.07) is 24.9. The Kier molecular flexibility index (Phi) is 8.93. The van der Waals surface area contributed by atoms with E-state index in [9.17, 15) is 9.59 Å². The first-order valence-electron chi connectivity index (χ1n) is 13.3. The number of hydrogen-bond donors (Lipinski definition) is 1. The van der Waals surface area contributed by atoms with E-state index in [4.69, 9.17) is 9.84 Å². The number of carbonyl (C=O) groups excluding carboxylic acids is 2. The molecule has 1 fully saturated rings. The number of methoxy groups -OCH3 is 1. The molecule has 1 aromatic heterocycles. The third kappa shape index (κ3) is 6.67. The Morgan fingerprint density at radius 3 is 2.52 bits per heavy atom. The van der Waals surface area contributed by atoms with Crippen LogP contribution in [0.25, 0.3) is 16.9 Å². The monoisotopic (exact) mass is 578 g/mol. The SMILES string of the molecule is C=CCN1C(=O)C(CC(=O)Nc2ccc(C)cc2)S/C1=N\N=C\c1cn(-c2ccccc2)nc1-c1ccc(OC)cc1. The molecule has 0 radical (unpaired) electrons. The van der Waals surface area contributed by atoms with Gasteiger partial charge < -0.3 is 10.1 Å². The fourth-order valence-electron chi connectivity index (χ4n) is 4.34. The predicted octanol–water partition coefficient (Wildman–Crippen LogP) is 5.71. The number of amides is 2. The van der Waals surface area contributed by atoms with Gasteiger partial charge in [-0.25, -0.2) is 4.68 Å². The maximum atomic E-state index is 13.1. The highest BCUT2D eigenvalue weighted by Crippen LogP contribution is 2.30. The van der Waals surface area contributed by atoms with E-state index < -0.39 is 5.25 Å². The molecule has 1 N–H and O–H groups in total. The highest BCUT2D eigenvalue weighted by molar-refractivity contribution is 8.15. The van der Waals surface area contributed by atoms with Crippen LogP contribution >= 0.6 is 11.8 Å². The molecular formula is C32H30N6O3S. The van der Waals surface area contributed by atoms with Gasteiger partial charge in [-0.1, -0.05) is 53.7 Å². The average Bonchev–Trinajstić information content (AvgIpc) is 3.56. The number of nitrogens with zero attached hydrogens (tertiary/aromatic N) is 5. The first-order chi connectivity index (χ1) is 20.4. The minimum atomic E-state index is -0.611. The van der Waals surface area contributed by atoms with Crippen molar-refractivity contribution in [3.05, 3.63) is 109 Å². The molecule has 10 heteroatoms. The van der Waals surface area contributed by atoms with Crippen LogP contribution in [0.1, 0.15) is 17.5 Å². The summed E-state index contributed by atoms with van der Waals surface area (Å²) < 4.78 is 7.09. The normalized spacial score (nSPS) is 15.9. The second-order valence-corrected chi connectivity index (χ2v) is 10.7. The van der Waals surface area contributed by atoms with Gasteiger partial charge in [-0.2, -0.15) is 10.2 Å². The molecule has 42 heavy (non-hydrogen) atoms. The van der Waals surface area contributed by atoms with E-state index in [0.29, 0.717) is 16.5 Å². The largest absolute Gasteiger partial charge is 0.497 e. The molecule has 4 aromatic rings. The van der Waals surface area contributed by atoms with Gasteiger partial charge in [-0.15, -0.1) is 11.7 Å². The van der Waals surface area contributed by atoms with Gasteiger partial charge in [0.2, 0.25) is 11.8 Å². The van der Waals surface area contributed by atoms with Crippen molar-refractivity contribution < 1.29 is 14.3 Å². The number of hydrogen-bond acceptors (Lipinski definition) is 7. The third-order valence-electron chi connectivity index (χ3n) is 6.50. The highest BCUT2D eigenvalue weighted by Gasteiger charge is 2.38. The van der Waals surface area contributed by atoms with Gasteiger partial charge >= 0.3 is 0 Å². The minimum absolute atomic E-state index is 0.0131. The number of nitrogens with one attached hydrogen (secondary N) is 1. The molecule has 1 unspecified atom stereocenters. The van der Waals surface area contributed by atoms with E-state index in [1.165, 1.54) is 16.7 Å². The van der Waals surface area contributed by atoms with Crippen LogP contribution in [0.15, 0.2) is 108 Å². The summed E-state index contributed by atoms with van der Waals surface area (Å²) in [5.41, 5.74) is 5.03. The van der Waals surface area contributed by atoms with Crippen molar-refractivity contribution in [2.45, 2.75) is 18.6 Å². The summed E-state index contributed by atoms with van der Waals surface area (Å²) >= 11 is 1.22.